The van der Waals surface area contributed by atoms with Gasteiger partial charge in [-0.3, -0.25) is 0 Å². The van der Waals surface area contributed by atoms with Crippen LogP contribution in [0.2, 0.25) is 0 Å². The largest absolute Gasteiger partial charge is 0.103 e. The van der Waals surface area contributed by atoms with Crippen molar-refractivity contribution in [1.82, 2.24) is 0 Å². The zero-order chi connectivity index (χ0) is 77.9. The molecule has 0 spiro atoms. The summed E-state index contributed by atoms with van der Waals surface area (Å²) >= 11 is 0. The van der Waals surface area contributed by atoms with Gasteiger partial charge in [-0.05, 0) is 133 Å². The third-order valence-corrected chi connectivity index (χ3v) is 26.2. The van der Waals surface area contributed by atoms with Gasteiger partial charge in [0.05, 0.1) is 0 Å². The summed E-state index contributed by atoms with van der Waals surface area (Å²) < 4.78 is 0. The van der Waals surface area contributed by atoms with E-state index in [2.05, 4.69) is 83.7 Å². The van der Waals surface area contributed by atoms with E-state index in [-0.39, 0.29) is 0 Å². The Morgan fingerprint density at radius 1 is 0.176 bits per heavy atom. The smallest absolute Gasteiger partial charge is 0.0326 e. The minimum absolute atomic E-state index is 0.870. The van der Waals surface area contributed by atoms with Gasteiger partial charge >= 0.3 is 0 Å². The van der Waals surface area contributed by atoms with Gasteiger partial charge in [0, 0.05) is 0 Å². The lowest BCUT2D eigenvalue weighted by Crippen LogP contribution is -2.34. The van der Waals surface area contributed by atoms with E-state index in [9.17, 15) is 0 Å². The Labute approximate surface area is 686 Å². The standard InChI is InChI=1S/C108H206/c1-9-15-21-26-31-35-39-43-47-51-57-63-69-76-83-89-97-104(96-20-14-6)106(100-92-85-78-71-65-59-52-48-44-40-36-32-27-22-16-10-2)108(102-94-87-80-73-67-61-54-50-46-42-38-34-29-24-18-12-4)107(101-93-86-79-72-66-60-53-49-45-41-37-33-28-23-17-11-3)105(98-90-82-74-30-25-19-13-5)99-91-84-77-70-64-58-55-56-62-68-75-81-88-95-103(7)8/h9-12,14,104-108H,1-4,6-7,13,15-102H2,5,8H3. The molecule has 0 aliphatic heterocycles. The van der Waals surface area contributed by atoms with Crippen molar-refractivity contribution >= 4 is 0 Å². The van der Waals surface area contributed by atoms with Crippen LogP contribution in [0.5, 0.6) is 0 Å². The molecule has 0 nitrogen and oxygen atoms in total. The molecular weight excluding hydrogens is 1300 g/mol. The Morgan fingerprint density at radius 2 is 0.333 bits per heavy atom. The maximum atomic E-state index is 4.50. The summed E-state index contributed by atoms with van der Waals surface area (Å²) in [6, 6.07) is 0. The van der Waals surface area contributed by atoms with Crippen LogP contribution in [-0.4, -0.2) is 0 Å². The van der Waals surface area contributed by atoms with Crippen molar-refractivity contribution in [2.45, 2.75) is 585 Å². The minimum atomic E-state index is 0.870. The zero-order valence-electron chi connectivity index (χ0n) is 75.4. The predicted octanol–water partition coefficient (Wildman–Crippen LogP) is 40.3. The van der Waals surface area contributed by atoms with Crippen LogP contribution in [-0.2, 0) is 0 Å². The van der Waals surface area contributed by atoms with Crippen molar-refractivity contribution in [1.29, 1.82) is 0 Å². The molecule has 108 heavy (non-hydrogen) atoms. The molecule has 0 radical (unpaired) electrons. The van der Waals surface area contributed by atoms with Crippen molar-refractivity contribution < 1.29 is 0 Å². The molecule has 0 saturated carbocycles. The first-order valence-electron chi connectivity index (χ1n) is 51.2. The van der Waals surface area contributed by atoms with Gasteiger partial charge in [0.2, 0.25) is 0 Å². The SMILES string of the molecule is C=CCCCCCCCCCCCCCCCCC(CCC=C)C(CCCCCCCCCCCCCCCCC=C)C(CCCCCCCCCCCCCCCCC=C)C(CCCCCCCCCCCCCCCCC=C)C(CCCCCCCCC)CCCCCCCCCCCCCCCC(=C)C. The Kier molecular flexibility index (Phi) is 92.9. The lowest BCUT2D eigenvalue weighted by Gasteiger charge is -2.43. The summed E-state index contributed by atoms with van der Waals surface area (Å²) in [5, 5.41) is 0. The van der Waals surface area contributed by atoms with Crippen LogP contribution >= 0.6 is 0 Å². The molecule has 0 saturated heterocycles. The predicted molar refractivity (Wildman–Crippen MR) is 500 cm³/mol. The van der Waals surface area contributed by atoms with Gasteiger partial charge in [-0.2, -0.15) is 0 Å². The summed E-state index contributed by atoms with van der Waals surface area (Å²) in [5.41, 5.74) is 1.36. The molecule has 5 unspecified atom stereocenters. The summed E-state index contributed by atoms with van der Waals surface area (Å²) in [4.78, 5) is 0. The molecular formula is C108H206. The third-order valence-electron chi connectivity index (χ3n) is 26.2. The maximum Gasteiger partial charge on any atom is -0.0326 e. The average molecular weight is 1500 g/mol. The molecule has 0 aliphatic rings. The summed E-state index contributed by atoms with van der Waals surface area (Å²) in [6.07, 6.45) is 139. The van der Waals surface area contributed by atoms with Crippen LogP contribution in [0.15, 0.2) is 75.4 Å². The third kappa shape index (κ3) is 81.0. The van der Waals surface area contributed by atoms with E-state index in [0.717, 1.165) is 29.6 Å². The van der Waals surface area contributed by atoms with Gasteiger partial charge in [-0.25, -0.2) is 0 Å². The quantitative estimate of drug-likeness (QED) is 0.0421. The lowest BCUT2D eigenvalue weighted by molar-refractivity contribution is 0.0700. The van der Waals surface area contributed by atoms with Gasteiger partial charge in [-0.15, -0.1) is 39.5 Å². The second kappa shape index (κ2) is 94.3. The highest BCUT2D eigenvalue weighted by molar-refractivity contribution is 4.89. The van der Waals surface area contributed by atoms with E-state index < -0.39 is 0 Å². The van der Waals surface area contributed by atoms with Crippen LogP contribution < -0.4 is 0 Å². The second-order valence-corrected chi connectivity index (χ2v) is 36.6. The molecule has 0 aliphatic carbocycles. The first-order valence-corrected chi connectivity index (χ1v) is 51.2. The number of allylic oxidation sites excluding steroid dienone is 6. The highest BCUT2D eigenvalue weighted by Gasteiger charge is 2.37. The van der Waals surface area contributed by atoms with E-state index in [0.29, 0.717) is 0 Å². The molecule has 0 heterocycles. The van der Waals surface area contributed by atoms with Gasteiger partial charge in [0.15, 0.2) is 0 Å². The van der Waals surface area contributed by atoms with Crippen molar-refractivity contribution in [3.63, 3.8) is 0 Å². The van der Waals surface area contributed by atoms with E-state index in [1.54, 1.807) is 6.42 Å². The highest BCUT2D eigenvalue weighted by Crippen LogP contribution is 2.47. The first-order chi connectivity index (χ1) is 53.5. The zero-order valence-corrected chi connectivity index (χ0v) is 75.4. The summed E-state index contributed by atoms with van der Waals surface area (Å²) in [6.45, 7) is 29.0. The van der Waals surface area contributed by atoms with Crippen molar-refractivity contribution in [3.05, 3.63) is 75.4 Å². The van der Waals surface area contributed by atoms with E-state index in [4.69, 9.17) is 0 Å². The topological polar surface area (TPSA) is 0 Å². The minimum Gasteiger partial charge on any atom is -0.103 e. The van der Waals surface area contributed by atoms with E-state index in [1.165, 1.54) is 571 Å². The van der Waals surface area contributed by atoms with E-state index in [1.807, 2.05) is 0 Å². The molecule has 0 aromatic carbocycles. The first kappa shape index (κ1) is 106. The monoisotopic (exact) mass is 1500 g/mol. The molecule has 0 amide bonds. The van der Waals surface area contributed by atoms with Crippen LogP contribution in [0.25, 0.3) is 0 Å². The number of rotatable bonds is 99. The fourth-order valence-corrected chi connectivity index (χ4v) is 19.1. The highest BCUT2D eigenvalue weighted by atomic mass is 14.4. The Hall–Kier alpha value is -1.56. The van der Waals surface area contributed by atoms with Crippen molar-refractivity contribution in [2.24, 2.45) is 29.6 Å². The Morgan fingerprint density at radius 3 is 0.528 bits per heavy atom. The number of unbranched alkanes of at least 4 members (excludes halogenated alkanes) is 74. The van der Waals surface area contributed by atoms with Crippen LogP contribution in [0.4, 0.5) is 0 Å². The Bertz CT molecular complexity index is 1730. The normalized spacial score (nSPS) is 13.1. The molecule has 0 heteroatoms. The second-order valence-electron chi connectivity index (χ2n) is 36.6. The van der Waals surface area contributed by atoms with E-state index >= 15 is 0 Å². The number of hydrogen-bond donors (Lipinski definition) is 0. The van der Waals surface area contributed by atoms with Gasteiger partial charge in [-0.1, -0.05) is 518 Å². The molecule has 0 rings (SSSR count). The maximum absolute atomic E-state index is 4.50. The van der Waals surface area contributed by atoms with Crippen LogP contribution in [0.1, 0.15) is 585 Å². The van der Waals surface area contributed by atoms with Crippen molar-refractivity contribution in [3.8, 4) is 0 Å². The Balaban J connectivity index is 7.00. The van der Waals surface area contributed by atoms with Gasteiger partial charge in [0.1, 0.15) is 0 Å². The summed E-state index contributed by atoms with van der Waals surface area (Å²) in [5.74, 6) is 4.51. The van der Waals surface area contributed by atoms with Gasteiger partial charge < -0.3 is 0 Å². The average Bonchev–Trinajstić information content (AvgIpc) is 0.825. The molecule has 0 N–H and O–H groups in total. The fourth-order valence-electron chi connectivity index (χ4n) is 19.1. The van der Waals surface area contributed by atoms with Crippen LogP contribution in [0.3, 0.4) is 0 Å². The molecule has 0 bridgehead atoms. The molecule has 5 atom stereocenters. The fraction of sp³-hybridized carbons (Fsp3) is 0.889. The molecule has 638 valence electrons. The lowest BCUT2D eigenvalue weighted by atomic mass is 9.62. The number of hydrogen-bond acceptors (Lipinski definition) is 0. The van der Waals surface area contributed by atoms with Gasteiger partial charge in [0.25, 0.3) is 0 Å². The van der Waals surface area contributed by atoms with Crippen molar-refractivity contribution in [2.75, 3.05) is 0 Å². The molecule has 0 aromatic rings. The summed E-state index contributed by atoms with van der Waals surface area (Å²) in [7, 11) is 0. The molecule has 0 aromatic heterocycles. The molecule has 0 fully saturated rings. The van der Waals surface area contributed by atoms with Crippen LogP contribution in [0, 0.1) is 29.6 Å².